The molecule has 6 heteroatoms. The molecule has 140 valence electrons. The molecule has 0 saturated carbocycles. The maximum Gasteiger partial charge on any atom is 0.274 e. The number of benzene rings is 1. The highest BCUT2D eigenvalue weighted by Crippen LogP contribution is 2.47. The number of amides is 1. The third-order valence-electron chi connectivity index (χ3n) is 6.55. The molecule has 5 heterocycles. The van der Waals surface area contributed by atoms with Crippen LogP contribution < -0.4 is 0 Å². The first-order valence-electron chi connectivity index (χ1n) is 9.74. The average Bonchev–Trinajstić information content (AvgIpc) is 3.12. The molecule has 6 rings (SSSR count). The molecule has 0 spiro atoms. The zero-order valence-corrected chi connectivity index (χ0v) is 15.5. The SMILES string of the molecule is Cc1cnc(C(=O)N2C[C@H](c3cccc(O)c3)[C@H]3[C@@H]2C2CCN3CC2)cn1. The van der Waals surface area contributed by atoms with Crippen LogP contribution in [0, 0.1) is 12.8 Å². The van der Waals surface area contributed by atoms with Crippen LogP contribution in [-0.2, 0) is 0 Å². The predicted octanol–water partition coefficient (Wildman–Crippen LogP) is 2.19. The van der Waals surface area contributed by atoms with Gasteiger partial charge < -0.3 is 10.0 Å². The summed E-state index contributed by atoms with van der Waals surface area (Å²) in [6.45, 7) is 4.75. The Kier molecular flexibility index (Phi) is 3.90. The lowest BCUT2D eigenvalue weighted by molar-refractivity contribution is -0.00360. The summed E-state index contributed by atoms with van der Waals surface area (Å²) in [5.74, 6) is 1.03. The first-order chi connectivity index (χ1) is 13.1. The molecular weight excluding hydrogens is 340 g/mol. The Morgan fingerprint density at radius 2 is 1.96 bits per heavy atom. The Hall–Kier alpha value is -2.47. The van der Waals surface area contributed by atoms with Gasteiger partial charge in [0, 0.05) is 24.7 Å². The minimum Gasteiger partial charge on any atom is -0.508 e. The number of nitrogens with zero attached hydrogens (tertiary/aromatic N) is 4. The average molecular weight is 364 g/mol. The van der Waals surface area contributed by atoms with E-state index in [9.17, 15) is 9.90 Å². The Morgan fingerprint density at radius 1 is 1.15 bits per heavy atom. The second-order valence-electron chi connectivity index (χ2n) is 8.06. The smallest absolute Gasteiger partial charge is 0.274 e. The molecule has 2 aromatic rings. The molecule has 4 saturated heterocycles. The van der Waals surface area contributed by atoms with Crippen LogP contribution in [0.15, 0.2) is 36.7 Å². The molecule has 2 bridgehead atoms. The van der Waals surface area contributed by atoms with Gasteiger partial charge in [0.25, 0.3) is 5.91 Å². The van der Waals surface area contributed by atoms with Gasteiger partial charge in [0.15, 0.2) is 0 Å². The summed E-state index contributed by atoms with van der Waals surface area (Å²) >= 11 is 0. The fourth-order valence-electron chi connectivity index (χ4n) is 5.35. The molecule has 1 aromatic carbocycles. The van der Waals surface area contributed by atoms with Gasteiger partial charge in [-0.3, -0.25) is 14.7 Å². The molecule has 1 amide bonds. The van der Waals surface area contributed by atoms with Crippen LogP contribution in [0.25, 0.3) is 0 Å². The lowest BCUT2D eigenvalue weighted by Crippen LogP contribution is -2.60. The van der Waals surface area contributed by atoms with Gasteiger partial charge in [-0.05, 0) is 56.5 Å². The molecule has 0 unspecified atom stereocenters. The normalized spacial score (nSPS) is 31.7. The fraction of sp³-hybridized carbons (Fsp3) is 0.476. The van der Waals surface area contributed by atoms with Crippen molar-refractivity contribution in [1.29, 1.82) is 0 Å². The van der Waals surface area contributed by atoms with Crippen molar-refractivity contribution < 1.29 is 9.90 Å². The summed E-state index contributed by atoms with van der Waals surface area (Å²) in [5.41, 5.74) is 2.35. The molecule has 0 radical (unpaired) electrons. The van der Waals surface area contributed by atoms with Crippen molar-refractivity contribution in [1.82, 2.24) is 19.8 Å². The molecule has 4 aliphatic heterocycles. The minimum absolute atomic E-state index is 0.0195. The summed E-state index contributed by atoms with van der Waals surface area (Å²) in [7, 11) is 0. The van der Waals surface area contributed by atoms with Gasteiger partial charge >= 0.3 is 0 Å². The van der Waals surface area contributed by atoms with Crippen LogP contribution in [-0.4, -0.2) is 62.5 Å². The van der Waals surface area contributed by atoms with Crippen molar-refractivity contribution in [3.05, 3.63) is 53.6 Å². The number of rotatable bonds is 2. The van der Waals surface area contributed by atoms with Crippen LogP contribution in [0.4, 0.5) is 0 Å². The molecule has 27 heavy (non-hydrogen) atoms. The number of hydrogen-bond donors (Lipinski definition) is 1. The first kappa shape index (κ1) is 16.7. The number of hydrogen-bond acceptors (Lipinski definition) is 5. The molecule has 3 atom stereocenters. The van der Waals surface area contributed by atoms with Crippen molar-refractivity contribution in [3.63, 3.8) is 0 Å². The molecule has 0 aliphatic carbocycles. The van der Waals surface area contributed by atoms with E-state index in [1.807, 2.05) is 24.0 Å². The monoisotopic (exact) mass is 364 g/mol. The Morgan fingerprint density at radius 3 is 2.67 bits per heavy atom. The third-order valence-corrected chi connectivity index (χ3v) is 6.55. The van der Waals surface area contributed by atoms with Crippen LogP contribution in [0.1, 0.15) is 40.5 Å². The summed E-state index contributed by atoms with van der Waals surface area (Å²) in [5, 5.41) is 9.97. The van der Waals surface area contributed by atoms with E-state index < -0.39 is 0 Å². The quantitative estimate of drug-likeness (QED) is 0.885. The standard InChI is InChI=1S/C21H24N4O2/c1-13-10-23-18(11-22-13)21(27)25-12-17(15-3-2-4-16(26)9-15)20-19(25)14-5-7-24(20)8-6-14/h2-4,9-11,14,17,19-20,26H,5-8,12H2,1H3/t17-,19+,20+/m1/s1. The Labute approximate surface area is 158 Å². The predicted molar refractivity (Wildman–Crippen MR) is 101 cm³/mol. The van der Waals surface area contributed by atoms with Gasteiger partial charge in [0.1, 0.15) is 11.4 Å². The van der Waals surface area contributed by atoms with Crippen LogP contribution in [0.3, 0.4) is 0 Å². The van der Waals surface area contributed by atoms with Crippen molar-refractivity contribution in [2.45, 2.75) is 37.8 Å². The zero-order chi connectivity index (χ0) is 18.5. The Balaban J connectivity index is 1.52. The highest BCUT2D eigenvalue weighted by Gasteiger charge is 2.54. The Bertz CT molecular complexity index is 861. The molecule has 1 aromatic heterocycles. The molecular formula is C21H24N4O2. The van der Waals surface area contributed by atoms with E-state index in [4.69, 9.17) is 0 Å². The van der Waals surface area contributed by atoms with Gasteiger partial charge in [0.05, 0.1) is 17.9 Å². The number of likely N-dealkylation sites (tertiary alicyclic amines) is 1. The number of aryl methyl sites for hydroxylation is 1. The van der Waals surface area contributed by atoms with E-state index >= 15 is 0 Å². The maximum absolute atomic E-state index is 13.3. The fourth-order valence-corrected chi connectivity index (χ4v) is 5.35. The van der Waals surface area contributed by atoms with Crippen molar-refractivity contribution in [3.8, 4) is 5.75 Å². The highest BCUT2D eigenvalue weighted by molar-refractivity contribution is 5.92. The number of carbonyl (C=O) groups excluding carboxylic acids is 1. The van der Waals surface area contributed by atoms with E-state index in [1.54, 1.807) is 18.5 Å². The molecule has 4 aliphatic rings. The van der Waals surface area contributed by atoms with E-state index in [0.29, 0.717) is 24.2 Å². The van der Waals surface area contributed by atoms with Crippen LogP contribution in [0.5, 0.6) is 5.75 Å². The number of carbonyl (C=O) groups is 1. The van der Waals surface area contributed by atoms with Gasteiger partial charge in [0.2, 0.25) is 0 Å². The van der Waals surface area contributed by atoms with Crippen molar-refractivity contribution in [2.24, 2.45) is 5.92 Å². The molecule has 4 fully saturated rings. The number of phenols is 1. The summed E-state index contributed by atoms with van der Waals surface area (Å²) in [6.07, 6.45) is 5.55. The summed E-state index contributed by atoms with van der Waals surface area (Å²) < 4.78 is 0. The van der Waals surface area contributed by atoms with Crippen LogP contribution in [0.2, 0.25) is 0 Å². The number of aromatic nitrogens is 2. The molecule has 1 N–H and O–H groups in total. The lowest BCUT2D eigenvalue weighted by Gasteiger charge is -2.51. The second kappa shape index (κ2) is 6.30. The zero-order valence-electron chi connectivity index (χ0n) is 15.5. The maximum atomic E-state index is 13.3. The first-order valence-corrected chi connectivity index (χ1v) is 9.74. The van der Waals surface area contributed by atoms with Crippen LogP contribution >= 0.6 is 0 Å². The number of aromatic hydroxyl groups is 1. The van der Waals surface area contributed by atoms with Crippen molar-refractivity contribution >= 4 is 5.91 Å². The number of piperidine rings is 3. The van der Waals surface area contributed by atoms with Gasteiger partial charge in [-0.25, -0.2) is 4.98 Å². The van der Waals surface area contributed by atoms with Gasteiger partial charge in [-0.15, -0.1) is 0 Å². The van der Waals surface area contributed by atoms with E-state index in [2.05, 4.69) is 20.9 Å². The number of phenolic OH excluding ortho intramolecular Hbond substituents is 1. The van der Waals surface area contributed by atoms with E-state index in [1.165, 1.54) is 0 Å². The lowest BCUT2D eigenvalue weighted by atomic mass is 9.75. The second-order valence-corrected chi connectivity index (χ2v) is 8.06. The van der Waals surface area contributed by atoms with E-state index in [-0.39, 0.29) is 23.6 Å². The summed E-state index contributed by atoms with van der Waals surface area (Å²) in [4.78, 5) is 26.5. The topological polar surface area (TPSA) is 69.6 Å². The minimum atomic E-state index is -0.0195. The van der Waals surface area contributed by atoms with Gasteiger partial charge in [-0.1, -0.05) is 12.1 Å². The summed E-state index contributed by atoms with van der Waals surface area (Å²) in [6, 6.07) is 8.06. The molecule has 6 nitrogen and oxygen atoms in total. The van der Waals surface area contributed by atoms with Crippen molar-refractivity contribution in [2.75, 3.05) is 19.6 Å². The van der Waals surface area contributed by atoms with Gasteiger partial charge in [-0.2, -0.15) is 0 Å². The number of fused-ring (bicyclic) bond motifs is 2. The largest absolute Gasteiger partial charge is 0.508 e. The van der Waals surface area contributed by atoms with E-state index in [0.717, 1.165) is 37.2 Å². The third kappa shape index (κ3) is 2.70. The highest BCUT2D eigenvalue weighted by atomic mass is 16.3.